The van der Waals surface area contributed by atoms with Crippen LogP contribution in [0.15, 0.2) is 48.3 Å². The molecule has 29 heavy (non-hydrogen) atoms. The van der Waals surface area contributed by atoms with E-state index in [-0.39, 0.29) is 11.2 Å². The van der Waals surface area contributed by atoms with Gasteiger partial charge in [-0.2, -0.15) is 0 Å². The second-order valence-corrected chi connectivity index (χ2v) is 8.15. The minimum atomic E-state index is -0.473. The third-order valence-electron chi connectivity index (χ3n) is 6.51. The van der Waals surface area contributed by atoms with E-state index in [4.69, 9.17) is 15.2 Å². The molecule has 0 unspecified atom stereocenters. The molecule has 1 aromatic carbocycles. The number of carbonyl (C=O) groups excluding carboxylic acids is 1. The molecule has 5 rings (SSSR count). The normalized spacial score (nSPS) is 23.5. The molecule has 2 N–H and O–H groups in total. The van der Waals surface area contributed by atoms with Gasteiger partial charge in [0, 0.05) is 43.0 Å². The van der Waals surface area contributed by atoms with Gasteiger partial charge >= 0.3 is 5.97 Å². The van der Waals surface area contributed by atoms with Crippen molar-refractivity contribution in [2.45, 2.75) is 30.7 Å². The molecular weight excluding hydrogens is 366 g/mol. The lowest BCUT2D eigenvalue weighted by Gasteiger charge is -2.33. The number of benzene rings is 1. The van der Waals surface area contributed by atoms with Gasteiger partial charge in [0.2, 0.25) is 0 Å². The molecule has 0 bridgehead atoms. The highest BCUT2D eigenvalue weighted by atomic mass is 16.5. The quantitative estimate of drug-likeness (QED) is 0.807. The summed E-state index contributed by atoms with van der Waals surface area (Å²) in [4.78, 5) is 18.6. The molecule has 6 heteroatoms. The van der Waals surface area contributed by atoms with Crippen molar-refractivity contribution in [3.63, 3.8) is 0 Å². The maximum atomic E-state index is 11.9. The summed E-state index contributed by atoms with van der Waals surface area (Å²) in [6, 6.07) is 11.0. The van der Waals surface area contributed by atoms with E-state index < -0.39 is 5.97 Å². The number of anilines is 1. The lowest BCUT2D eigenvalue weighted by atomic mass is 9.93. The lowest BCUT2D eigenvalue weighted by Crippen LogP contribution is -2.38. The Morgan fingerprint density at radius 2 is 2.00 bits per heavy atom. The average Bonchev–Trinajstić information content (AvgIpc) is 3.35. The van der Waals surface area contributed by atoms with Gasteiger partial charge in [0.1, 0.15) is 11.4 Å². The highest BCUT2D eigenvalue weighted by Crippen LogP contribution is 2.58. The molecule has 3 aliphatic rings. The number of fused-ring (bicyclic) bond motifs is 1. The van der Waals surface area contributed by atoms with Gasteiger partial charge in [-0.1, -0.05) is 24.3 Å². The fourth-order valence-electron chi connectivity index (χ4n) is 4.68. The van der Waals surface area contributed by atoms with Crippen LogP contribution < -0.4 is 5.73 Å². The molecule has 0 spiro atoms. The third-order valence-corrected chi connectivity index (χ3v) is 6.51. The van der Waals surface area contributed by atoms with Gasteiger partial charge in [-0.25, -0.2) is 9.78 Å². The highest BCUT2D eigenvalue weighted by molar-refractivity contribution is 5.95. The Balaban J connectivity index is 1.36. The smallest absolute Gasteiger partial charge is 0.341 e. The number of nitrogens with two attached hydrogens (primary N) is 1. The average molecular weight is 391 g/mol. The topological polar surface area (TPSA) is 77.7 Å². The van der Waals surface area contributed by atoms with Crippen molar-refractivity contribution < 1.29 is 14.3 Å². The van der Waals surface area contributed by atoms with Crippen LogP contribution in [0.2, 0.25) is 0 Å². The van der Waals surface area contributed by atoms with Crippen molar-refractivity contribution in [3.8, 4) is 11.1 Å². The van der Waals surface area contributed by atoms with E-state index in [1.807, 2.05) is 0 Å². The van der Waals surface area contributed by atoms with Crippen molar-refractivity contribution >= 4 is 11.8 Å². The van der Waals surface area contributed by atoms with Crippen LogP contribution in [0, 0.1) is 0 Å². The van der Waals surface area contributed by atoms with Crippen molar-refractivity contribution in [1.29, 1.82) is 0 Å². The Morgan fingerprint density at radius 1 is 1.24 bits per heavy atom. The molecule has 3 heterocycles. The highest BCUT2D eigenvalue weighted by Gasteiger charge is 2.55. The number of rotatable bonds is 4. The van der Waals surface area contributed by atoms with Crippen LogP contribution in [0.3, 0.4) is 0 Å². The Labute approximate surface area is 170 Å². The maximum absolute atomic E-state index is 11.9. The van der Waals surface area contributed by atoms with E-state index >= 15 is 0 Å². The molecule has 1 aromatic heterocycles. The Hall–Kier alpha value is -2.86. The second kappa shape index (κ2) is 6.88. The van der Waals surface area contributed by atoms with Crippen LogP contribution in [0.4, 0.5) is 5.82 Å². The summed E-state index contributed by atoms with van der Waals surface area (Å²) in [7, 11) is 1.34. The molecule has 2 fully saturated rings. The van der Waals surface area contributed by atoms with Crippen molar-refractivity contribution in [1.82, 2.24) is 9.88 Å². The van der Waals surface area contributed by atoms with Crippen molar-refractivity contribution in [3.05, 3.63) is 59.4 Å². The first-order valence-electron chi connectivity index (χ1n) is 10.1. The molecule has 1 saturated carbocycles. The summed E-state index contributed by atoms with van der Waals surface area (Å²) < 4.78 is 10.3. The predicted molar refractivity (Wildman–Crippen MR) is 110 cm³/mol. The minimum absolute atomic E-state index is 0.183. The lowest BCUT2D eigenvalue weighted by molar-refractivity contribution is 0.0493. The van der Waals surface area contributed by atoms with E-state index in [1.165, 1.54) is 12.7 Å². The van der Waals surface area contributed by atoms with E-state index in [9.17, 15) is 4.79 Å². The van der Waals surface area contributed by atoms with Gasteiger partial charge < -0.3 is 20.1 Å². The van der Waals surface area contributed by atoms with Gasteiger partial charge in [-0.05, 0) is 48.2 Å². The van der Waals surface area contributed by atoms with Crippen molar-refractivity contribution in [2.24, 2.45) is 0 Å². The van der Waals surface area contributed by atoms with Crippen LogP contribution in [0.25, 0.3) is 11.1 Å². The Bertz CT molecular complexity index is 979. The molecule has 6 nitrogen and oxygen atoms in total. The Kier molecular flexibility index (Phi) is 4.32. The largest absolute Gasteiger partial charge is 0.465 e. The number of aromatic nitrogens is 1. The molecule has 1 atom stereocenters. The summed E-state index contributed by atoms with van der Waals surface area (Å²) in [6.45, 7) is 2.81. The second-order valence-electron chi connectivity index (χ2n) is 8.15. The van der Waals surface area contributed by atoms with Gasteiger partial charge in [-0.3, -0.25) is 0 Å². The number of methoxy groups -OCH3 is 1. The first kappa shape index (κ1) is 18.2. The van der Waals surface area contributed by atoms with E-state index in [1.54, 1.807) is 17.8 Å². The number of nitrogens with zero attached hydrogens (tertiary/aromatic N) is 2. The monoisotopic (exact) mass is 391 g/mol. The summed E-state index contributed by atoms with van der Waals surface area (Å²) in [6.07, 6.45) is 7.47. The first-order chi connectivity index (χ1) is 14.1. The summed E-state index contributed by atoms with van der Waals surface area (Å²) in [5.74, 6) is -0.290. The number of hydrogen-bond donors (Lipinski definition) is 1. The van der Waals surface area contributed by atoms with Crippen LogP contribution in [-0.2, 0) is 14.9 Å². The van der Waals surface area contributed by atoms with Gasteiger partial charge in [0.05, 0.1) is 7.11 Å². The fraction of sp³-hybridized carbons (Fsp3) is 0.391. The van der Waals surface area contributed by atoms with Gasteiger partial charge in [0.15, 0.2) is 0 Å². The molecule has 0 radical (unpaired) electrons. The zero-order chi connectivity index (χ0) is 20.0. The summed E-state index contributed by atoms with van der Waals surface area (Å²) in [5, 5.41) is 0. The zero-order valence-electron chi connectivity index (χ0n) is 16.6. The fourth-order valence-corrected chi connectivity index (χ4v) is 4.68. The third kappa shape index (κ3) is 3.08. The van der Waals surface area contributed by atoms with Gasteiger partial charge in [-0.15, -0.1) is 0 Å². The number of esters is 1. The molecule has 1 aliphatic carbocycles. The number of nitrogen functional groups attached to an aromatic ring is 1. The van der Waals surface area contributed by atoms with Crippen LogP contribution in [0.1, 0.15) is 35.2 Å². The van der Waals surface area contributed by atoms with E-state index in [0.29, 0.717) is 11.6 Å². The summed E-state index contributed by atoms with van der Waals surface area (Å²) >= 11 is 0. The molecule has 2 aliphatic heterocycles. The number of pyridine rings is 1. The number of hydrogen-bond acceptors (Lipinski definition) is 6. The predicted octanol–water partition coefficient (Wildman–Crippen LogP) is 3.14. The van der Waals surface area contributed by atoms with Gasteiger partial charge in [0.25, 0.3) is 0 Å². The van der Waals surface area contributed by atoms with Crippen LogP contribution in [-0.4, -0.2) is 48.8 Å². The van der Waals surface area contributed by atoms with Crippen molar-refractivity contribution in [2.75, 3.05) is 32.6 Å². The standard InChI is InChI=1S/C23H25N3O3/c1-28-22(27)20-10-16(12-25-21(20)24)15-2-4-17(5-3-15)23-11-18(23)13-26(14-23)19-6-8-29-9-7-19/h2-5,10,12-13,19H,6-9,11,14H2,1H3,(H2,24,25)/t23-/m0/s1. The Morgan fingerprint density at radius 3 is 2.72 bits per heavy atom. The zero-order valence-corrected chi connectivity index (χ0v) is 16.6. The van der Waals surface area contributed by atoms with E-state index in [0.717, 1.165) is 50.1 Å². The summed E-state index contributed by atoms with van der Waals surface area (Å²) in [5.41, 5.74) is 11.1. The molecule has 2 aromatic rings. The first-order valence-corrected chi connectivity index (χ1v) is 10.1. The van der Waals surface area contributed by atoms with E-state index in [2.05, 4.69) is 40.3 Å². The maximum Gasteiger partial charge on any atom is 0.341 e. The SMILES string of the molecule is COC(=O)c1cc(-c2ccc([C@@]34CC3=CN(C3CCOCC3)C4)cc2)cnc1N. The molecule has 150 valence electrons. The molecule has 0 amide bonds. The van der Waals surface area contributed by atoms with Crippen LogP contribution in [0.5, 0.6) is 0 Å². The minimum Gasteiger partial charge on any atom is -0.465 e. The molecule has 1 saturated heterocycles. The molecular formula is C23H25N3O3. The number of ether oxygens (including phenoxy) is 2. The number of carbonyl (C=O) groups is 1. The van der Waals surface area contributed by atoms with Crippen LogP contribution >= 0.6 is 0 Å².